The number of thioether (sulfide) groups is 1. The second-order valence-electron chi connectivity index (χ2n) is 6.12. The van der Waals surface area contributed by atoms with E-state index in [2.05, 4.69) is 30.2 Å². The molecule has 1 aromatic heterocycles. The van der Waals surface area contributed by atoms with E-state index in [4.69, 9.17) is 11.6 Å². The molecular formula is C19H19ClN2OS2. The van der Waals surface area contributed by atoms with Gasteiger partial charge in [-0.15, -0.1) is 11.3 Å². The van der Waals surface area contributed by atoms with Crippen molar-refractivity contribution in [3.8, 4) is 0 Å². The highest BCUT2D eigenvalue weighted by Gasteiger charge is 2.13. The topological polar surface area (TPSA) is 42.0 Å². The molecule has 3 nitrogen and oxygen atoms in total. The van der Waals surface area contributed by atoms with Crippen LogP contribution in [0.2, 0.25) is 5.02 Å². The summed E-state index contributed by atoms with van der Waals surface area (Å²) in [6, 6.07) is 11.8. The Hall–Kier alpha value is -1.56. The molecule has 3 aromatic rings. The SMILES string of the molecule is Cc1cccc(C(C)C)c1NC(=O)CSc1nc2cc(Cl)ccc2s1. The standard InChI is InChI=1S/C19H19ClN2OS2/c1-11(2)14-6-4-5-12(3)18(14)22-17(23)10-24-19-21-15-9-13(20)7-8-16(15)25-19/h4-9,11H,10H2,1-3H3,(H,22,23). The Labute approximate surface area is 160 Å². The number of anilines is 1. The number of rotatable bonds is 5. The van der Waals surface area contributed by atoms with Crippen molar-refractivity contribution in [1.82, 2.24) is 4.98 Å². The summed E-state index contributed by atoms with van der Waals surface area (Å²) in [5.74, 6) is 0.676. The number of nitrogens with zero attached hydrogens (tertiary/aromatic N) is 1. The molecule has 25 heavy (non-hydrogen) atoms. The van der Waals surface area contributed by atoms with Crippen LogP contribution < -0.4 is 5.32 Å². The molecular weight excluding hydrogens is 372 g/mol. The van der Waals surface area contributed by atoms with E-state index in [1.807, 2.05) is 37.3 Å². The third kappa shape index (κ3) is 4.35. The number of benzene rings is 2. The molecule has 0 spiro atoms. The number of hydrogen-bond donors (Lipinski definition) is 1. The van der Waals surface area contributed by atoms with Gasteiger partial charge in [-0.3, -0.25) is 4.79 Å². The van der Waals surface area contributed by atoms with E-state index < -0.39 is 0 Å². The van der Waals surface area contributed by atoms with Gasteiger partial charge in [0.15, 0.2) is 4.34 Å². The van der Waals surface area contributed by atoms with Gasteiger partial charge in [-0.2, -0.15) is 0 Å². The van der Waals surface area contributed by atoms with Gasteiger partial charge in [0.2, 0.25) is 5.91 Å². The number of hydrogen-bond acceptors (Lipinski definition) is 4. The van der Waals surface area contributed by atoms with Gasteiger partial charge in [0, 0.05) is 10.7 Å². The van der Waals surface area contributed by atoms with Gasteiger partial charge in [-0.1, -0.05) is 55.4 Å². The Bertz CT molecular complexity index is 921. The van der Waals surface area contributed by atoms with Gasteiger partial charge in [0.1, 0.15) is 0 Å². The lowest BCUT2D eigenvalue weighted by atomic mass is 9.98. The summed E-state index contributed by atoms with van der Waals surface area (Å²) in [6.45, 7) is 6.28. The van der Waals surface area contributed by atoms with E-state index in [9.17, 15) is 4.79 Å². The van der Waals surface area contributed by atoms with E-state index in [0.717, 1.165) is 31.4 Å². The molecule has 1 heterocycles. The molecule has 2 aromatic carbocycles. The van der Waals surface area contributed by atoms with E-state index in [-0.39, 0.29) is 5.91 Å². The van der Waals surface area contributed by atoms with Gasteiger partial charge in [0.25, 0.3) is 0 Å². The third-order valence-electron chi connectivity index (χ3n) is 3.85. The smallest absolute Gasteiger partial charge is 0.234 e. The third-order valence-corrected chi connectivity index (χ3v) is 6.26. The minimum Gasteiger partial charge on any atom is -0.325 e. The first-order valence-corrected chi connectivity index (χ1v) is 10.2. The number of aryl methyl sites for hydroxylation is 1. The number of nitrogens with one attached hydrogen (secondary N) is 1. The first-order chi connectivity index (χ1) is 11.9. The first-order valence-electron chi connectivity index (χ1n) is 8.02. The molecule has 0 bridgehead atoms. The van der Waals surface area contributed by atoms with Crippen molar-refractivity contribution in [2.75, 3.05) is 11.1 Å². The van der Waals surface area contributed by atoms with E-state index in [1.54, 1.807) is 11.3 Å². The Kier molecular flexibility index (Phi) is 5.67. The second-order valence-corrected chi connectivity index (χ2v) is 8.81. The van der Waals surface area contributed by atoms with E-state index >= 15 is 0 Å². The number of carbonyl (C=O) groups excluding carboxylic acids is 1. The second kappa shape index (κ2) is 7.77. The zero-order chi connectivity index (χ0) is 18.0. The first kappa shape index (κ1) is 18.2. The minimum atomic E-state index is -0.0153. The molecule has 1 N–H and O–H groups in total. The van der Waals surface area contributed by atoms with Gasteiger partial charge >= 0.3 is 0 Å². The Morgan fingerprint density at radius 3 is 2.88 bits per heavy atom. The van der Waals surface area contributed by atoms with Gasteiger partial charge < -0.3 is 5.32 Å². The van der Waals surface area contributed by atoms with Crippen LogP contribution in [0.25, 0.3) is 10.2 Å². The highest BCUT2D eigenvalue weighted by molar-refractivity contribution is 8.01. The molecule has 3 rings (SSSR count). The van der Waals surface area contributed by atoms with Crippen LogP contribution in [0.15, 0.2) is 40.7 Å². The average Bonchev–Trinajstić information content (AvgIpc) is 2.96. The molecule has 0 atom stereocenters. The molecule has 0 aliphatic carbocycles. The van der Waals surface area contributed by atoms with Crippen LogP contribution in [-0.2, 0) is 4.79 Å². The molecule has 1 amide bonds. The van der Waals surface area contributed by atoms with Crippen molar-refractivity contribution in [2.24, 2.45) is 0 Å². The van der Waals surface area contributed by atoms with E-state index in [0.29, 0.717) is 16.7 Å². The van der Waals surface area contributed by atoms with Crippen molar-refractivity contribution < 1.29 is 4.79 Å². The normalized spacial score (nSPS) is 11.2. The van der Waals surface area contributed by atoms with Crippen LogP contribution >= 0.6 is 34.7 Å². The predicted molar refractivity (Wildman–Crippen MR) is 109 cm³/mol. The number of carbonyl (C=O) groups is 1. The summed E-state index contributed by atoms with van der Waals surface area (Å²) in [5, 5.41) is 3.74. The summed E-state index contributed by atoms with van der Waals surface area (Å²) in [4.78, 5) is 16.9. The van der Waals surface area contributed by atoms with Gasteiger partial charge in [0.05, 0.1) is 16.0 Å². The van der Waals surface area contributed by atoms with Crippen molar-refractivity contribution in [3.63, 3.8) is 0 Å². The Morgan fingerprint density at radius 1 is 1.32 bits per heavy atom. The number of amides is 1. The van der Waals surface area contributed by atoms with Gasteiger partial charge in [-0.25, -0.2) is 4.98 Å². The summed E-state index contributed by atoms with van der Waals surface area (Å²) >= 11 is 9.02. The zero-order valence-electron chi connectivity index (χ0n) is 14.3. The Balaban J connectivity index is 1.69. The molecule has 0 unspecified atom stereocenters. The molecule has 0 saturated carbocycles. The van der Waals surface area contributed by atoms with Crippen molar-refractivity contribution in [2.45, 2.75) is 31.0 Å². The fourth-order valence-electron chi connectivity index (χ4n) is 2.59. The highest BCUT2D eigenvalue weighted by Crippen LogP contribution is 2.32. The predicted octanol–water partition coefficient (Wildman–Crippen LogP) is 6.11. The summed E-state index contributed by atoms with van der Waals surface area (Å²) in [7, 11) is 0. The zero-order valence-corrected chi connectivity index (χ0v) is 16.7. The molecule has 6 heteroatoms. The maximum absolute atomic E-state index is 12.4. The molecule has 130 valence electrons. The maximum Gasteiger partial charge on any atom is 0.234 e. The molecule has 0 saturated heterocycles. The molecule has 0 radical (unpaired) electrons. The molecule has 0 fully saturated rings. The fraction of sp³-hybridized carbons (Fsp3) is 0.263. The van der Waals surface area contributed by atoms with Crippen LogP contribution in [0.1, 0.15) is 30.9 Å². The number of thiazole rings is 1. The Morgan fingerprint density at radius 2 is 2.12 bits per heavy atom. The maximum atomic E-state index is 12.4. The fourth-order valence-corrected chi connectivity index (χ4v) is 4.60. The lowest BCUT2D eigenvalue weighted by Crippen LogP contribution is -2.16. The van der Waals surface area contributed by atoms with Crippen LogP contribution in [0.3, 0.4) is 0 Å². The average molecular weight is 391 g/mol. The largest absolute Gasteiger partial charge is 0.325 e. The molecule has 0 aliphatic heterocycles. The van der Waals surface area contributed by atoms with Crippen LogP contribution in [-0.4, -0.2) is 16.6 Å². The summed E-state index contributed by atoms with van der Waals surface area (Å²) in [6.07, 6.45) is 0. The highest BCUT2D eigenvalue weighted by atomic mass is 35.5. The monoisotopic (exact) mass is 390 g/mol. The summed E-state index contributed by atoms with van der Waals surface area (Å²) < 4.78 is 1.95. The van der Waals surface area contributed by atoms with E-state index in [1.165, 1.54) is 11.8 Å². The van der Waals surface area contributed by atoms with Crippen molar-refractivity contribution in [1.29, 1.82) is 0 Å². The lowest BCUT2D eigenvalue weighted by Gasteiger charge is -2.16. The van der Waals surface area contributed by atoms with Crippen LogP contribution in [0.4, 0.5) is 5.69 Å². The number of para-hydroxylation sites is 1. The van der Waals surface area contributed by atoms with Crippen LogP contribution in [0, 0.1) is 6.92 Å². The van der Waals surface area contributed by atoms with Gasteiger partial charge in [-0.05, 0) is 42.2 Å². The lowest BCUT2D eigenvalue weighted by molar-refractivity contribution is -0.113. The van der Waals surface area contributed by atoms with Crippen LogP contribution in [0.5, 0.6) is 0 Å². The number of halogens is 1. The quantitative estimate of drug-likeness (QED) is 0.534. The molecule has 0 aliphatic rings. The van der Waals surface area contributed by atoms with Crippen molar-refractivity contribution in [3.05, 3.63) is 52.5 Å². The van der Waals surface area contributed by atoms with Crippen molar-refractivity contribution >= 4 is 56.5 Å². The summed E-state index contributed by atoms with van der Waals surface area (Å²) in [5.41, 5.74) is 4.05. The minimum absolute atomic E-state index is 0.0153. The number of aromatic nitrogens is 1. The number of fused-ring (bicyclic) bond motifs is 1.